The van der Waals surface area contributed by atoms with Gasteiger partial charge in [-0.25, -0.2) is 14.2 Å². The van der Waals surface area contributed by atoms with E-state index in [-0.39, 0.29) is 18.2 Å². The number of hydrogen-bond donors (Lipinski definition) is 1. The molecule has 204 valence electrons. The van der Waals surface area contributed by atoms with Gasteiger partial charge >= 0.3 is 6.09 Å². The van der Waals surface area contributed by atoms with Gasteiger partial charge in [-0.1, -0.05) is 12.1 Å². The number of carbonyl (C=O) groups excluding carboxylic acids is 2. The van der Waals surface area contributed by atoms with Crippen LogP contribution in [-0.4, -0.2) is 79.3 Å². The summed E-state index contributed by atoms with van der Waals surface area (Å²) in [5.74, 6) is 2.94. The lowest BCUT2D eigenvalue weighted by atomic mass is 10.0. The number of anilines is 1. The van der Waals surface area contributed by atoms with Crippen LogP contribution in [0.5, 0.6) is 11.5 Å². The van der Waals surface area contributed by atoms with Crippen LogP contribution in [0.15, 0.2) is 47.6 Å². The Morgan fingerprint density at radius 2 is 1.89 bits per heavy atom. The van der Waals surface area contributed by atoms with Crippen molar-refractivity contribution >= 4 is 35.2 Å². The number of ether oxygens (including phenoxy) is 3. The number of alkyl halides is 1. The van der Waals surface area contributed by atoms with Gasteiger partial charge in [0.15, 0.2) is 11.5 Å². The van der Waals surface area contributed by atoms with E-state index in [1.54, 1.807) is 24.3 Å². The molecule has 9 nitrogen and oxygen atoms in total. The Morgan fingerprint density at radius 1 is 1.11 bits per heavy atom. The Kier molecular flexibility index (Phi) is 10.2. The Hall–Kier alpha value is -3.31. The zero-order valence-electron chi connectivity index (χ0n) is 21.5. The summed E-state index contributed by atoms with van der Waals surface area (Å²) in [5.41, 5.74) is 2.91. The molecule has 0 aliphatic carbocycles. The highest BCUT2D eigenvalue weighted by Crippen LogP contribution is 2.30. The molecule has 1 N–H and O–H groups in total. The van der Waals surface area contributed by atoms with Crippen molar-refractivity contribution in [3.05, 3.63) is 53.6 Å². The van der Waals surface area contributed by atoms with Gasteiger partial charge in [0.05, 0.1) is 26.0 Å². The standard InChI is InChI=1S/C27H33FN4O5S/c1-35-24-9-5-21(17-25(24)37-19-28)23-8-10-26(33)32(30-23)18-20-3-6-22(7-4-20)29-27(34)36-14-2-11-31-12-15-38-16-13-31/h3-7,9,17H,2,8,10-16,18-19H2,1H3,(H,29,34). The fourth-order valence-corrected chi connectivity index (χ4v) is 5.24. The molecular weight excluding hydrogens is 511 g/mol. The largest absolute Gasteiger partial charge is 0.493 e. The first-order valence-electron chi connectivity index (χ1n) is 12.6. The predicted octanol–water partition coefficient (Wildman–Crippen LogP) is 4.52. The summed E-state index contributed by atoms with van der Waals surface area (Å²) in [4.78, 5) is 27.1. The normalized spacial score (nSPS) is 16.1. The number of carbonyl (C=O) groups is 2. The van der Waals surface area contributed by atoms with Crippen molar-refractivity contribution in [2.24, 2.45) is 5.10 Å². The van der Waals surface area contributed by atoms with Crippen LogP contribution in [-0.2, 0) is 16.1 Å². The quantitative estimate of drug-likeness (QED) is 0.416. The zero-order valence-corrected chi connectivity index (χ0v) is 22.3. The van der Waals surface area contributed by atoms with Crippen LogP contribution in [0.1, 0.15) is 30.4 Å². The van der Waals surface area contributed by atoms with E-state index in [2.05, 4.69) is 15.3 Å². The Bertz CT molecular complexity index is 1120. The molecule has 0 spiro atoms. The van der Waals surface area contributed by atoms with Crippen LogP contribution in [0, 0.1) is 0 Å². The van der Waals surface area contributed by atoms with E-state index in [0.717, 1.165) is 48.7 Å². The highest BCUT2D eigenvalue weighted by Gasteiger charge is 2.22. The highest BCUT2D eigenvalue weighted by molar-refractivity contribution is 7.99. The maximum Gasteiger partial charge on any atom is 0.411 e. The van der Waals surface area contributed by atoms with Crippen molar-refractivity contribution in [2.75, 3.05) is 57.0 Å². The third-order valence-corrected chi connectivity index (χ3v) is 7.24. The molecule has 2 aromatic rings. The van der Waals surface area contributed by atoms with Crippen molar-refractivity contribution in [2.45, 2.75) is 25.8 Å². The molecule has 38 heavy (non-hydrogen) atoms. The number of benzene rings is 2. The minimum absolute atomic E-state index is 0.0865. The molecule has 0 bridgehead atoms. The molecule has 4 rings (SSSR count). The third kappa shape index (κ3) is 7.84. The summed E-state index contributed by atoms with van der Waals surface area (Å²) in [6.07, 6.45) is 1.11. The second-order valence-electron chi connectivity index (χ2n) is 8.88. The second-order valence-corrected chi connectivity index (χ2v) is 10.1. The lowest BCUT2D eigenvalue weighted by molar-refractivity contribution is -0.132. The molecular formula is C27H33FN4O5S. The lowest BCUT2D eigenvalue weighted by Gasteiger charge is -2.25. The third-order valence-electron chi connectivity index (χ3n) is 6.30. The van der Waals surface area contributed by atoms with Crippen molar-refractivity contribution in [1.82, 2.24) is 9.91 Å². The van der Waals surface area contributed by atoms with Gasteiger partial charge in [-0.15, -0.1) is 0 Å². The van der Waals surface area contributed by atoms with Crippen molar-refractivity contribution in [3.8, 4) is 11.5 Å². The van der Waals surface area contributed by atoms with Crippen LogP contribution in [0.4, 0.5) is 14.9 Å². The first kappa shape index (κ1) is 27.7. The van der Waals surface area contributed by atoms with Gasteiger partial charge in [0, 0.05) is 55.2 Å². The van der Waals surface area contributed by atoms with Crippen LogP contribution < -0.4 is 14.8 Å². The Labute approximate surface area is 226 Å². The number of methoxy groups -OCH3 is 1. The molecule has 0 atom stereocenters. The summed E-state index contributed by atoms with van der Waals surface area (Å²) in [6, 6.07) is 12.4. The number of nitrogens with zero attached hydrogens (tertiary/aromatic N) is 3. The van der Waals surface area contributed by atoms with E-state index < -0.39 is 13.0 Å². The first-order valence-corrected chi connectivity index (χ1v) is 13.8. The summed E-state index contributed by atoms with van der Waals surface area (Å²) >= 11 is 1.98. The van der Waals surface area contributed by atoms with Crippen molar-refractivity contribution < 1.29 is 28.2 Å². The number of rotatable bonds is 11. The predicted molar refractivity (Wildman–Crippen MR) is 146 cm³/mol. The van der Waals surface area contributed by atoms with Crippen LogP contribution >= 0.6 is 11.8 Å². The average Bonchev–Trinajstić information content (AvgIpc) is 2.94. The van der Waals surface area contributed by atoms with E-state index in [1.807, 2.05) is 30.0 Å². The number of nitrogens with one attached hydrogen (secondary N) is 1. The number of amides is 2. The average molecular weight is 545 g/mol. The molecule has 2 amide bonds. The molecule has 1 saturated heterocycles. The van der Waals surface area contributed by atoms with Gasteiger partial charge in [0.1, 0.15) is 0 Å². The summed E-state index contributed by atoms with van der Waals surface area (Å²) in [6.45, 7) is 2.81. The molecule has 0 unspecified atom stereocenters. The highest BCUT2D eigenvalue weighted by atomic mass is 32.2. The van der Waals surface area contributed by atoms with E-state index in [1.165, 1.54) is 12.1 Å². The minimum Gasteiger partial charge on any atom is -0.493 e. The zero-order chi connectivity index (χ0) is 26.7. The van der Waals surface area contributed by atoms with E-state index >= 15 is 0 Å². The number of hydrazone groups is 1. The number of hydrogen-bond acceptors (Lipinski definition) is 8. The fraction of sp³-hybridized carbons (Fsp3) is 0.444. The number of halogens is 1. The molecule has 0 saturated carbocycles. The molecule has 2 aliphatic heterocycles. The minimum atomic E-state index is -0.975. The Balaban J connectivity index is 1.29. The Morgan fingerprint density at radius 3 is 2.63 bits per heavy atom. The van der Waals surface area contributed by atoms with Gasteiger partial charge < -0.3 is 19.1 Å². The monoisotopic (exact) mass is 544 g/mol. The number of thioether (sulfide) groups is 1. The van der Waals surface area contributed by atoms with Gasteiger partial charge in [0.2, 0.25) is 12.8 Å². The van der Waals surface area contributed by atoms with Gasteiger partial charge in [-0.3, -0.25) is 10.1 Å². The van der Waals surface area contributed by atoms with Crippen molar-refractivity contribution in [3.63, 3.8) is 0 Å². The van der Waals surface area contributed by atoms with Gasteiger partial charge in [0.25, 0.3) is 0 Å². The molecule has 2 aromatic carbocycles. The summed E-state index contributed by atoms with van der Waals surface area (Å²) < 4.78 is 28.3. The summed E-state index contributed by atoms with van der Waals surface area (Å²) in [7, 11) is 1.49. The molecule has 11 heteroatoms. The maximum atomic E-state index is 12.8. The second kappa shape index (κ2) is 14.0. The molecule has 1 fully saturated rings. The molecule has 2 heterocycles. The first-order chi connectivity index (χ1) is 18.6. The topological polar surface area (TPSA) is 92.7 Å². The van der Waals surface area contributed by atoms with Crippen LogP contribution in [0.25, 0.3) is 0 Å². The van der Waals surface area contributed by atoms with Crippen LogP contribution in [0.3, 0.4) is 0 Å². The SMILES string of the molecule is COc1ccc(C2=NN(Cc3ccc(NC(=O)OCCCN4CCSCC4)cc3)C(=O)CC2)cc1OCF. The molecule has 0 aromatic heterocycles. The van der Waals surface area contributed by atoms with Crippen molar-refractivity contribution in [1.29, 1.82) is 0 Å². The summed E-state index contributed by atoms with van der Waals surface area (Å²) in [5, 5.41) is 8.71. The van der Waals surface area contributed by atoms with Gasteiger partial charge in [-0.05, 0) is 42.3 Å². The fourth-order valence-electron chi connectivity index (χ4n) is 4.26. The lowest BCUT2D eigenvalue weighted by Crippen LogP contribution is -2.34. The van der Waals surface area contributed by atoms with Gasteiger partial charge in [-0.2, -0.15) is 16.9 Å². The molecule has 0 radical (unpaired) electrons. The van der Waals surface area contributed by atoms with E-state index in [0.29, 0.717) is 36.6 Å². The molecule has 2 aliphatic rings. The van der Waals surface area contributed by atoms with E-state index in [9.17, 15) is 14.0 Å². The van der Waals surface area contributed by atoms with Crippen LogP contribution in [0.2, 0.25) is 0 Å². The van der Waals surface area contributed by atoms with E-state index in [4.69, 9.17) is 14.2 Å². The smallest absolute Gasteiger partial charge is 0.411 e. The maximum absolute atomic E-state index is 12.8.